The minimum Gasteiger partial charge on any atom is -0.493 e. The van der Waals surface area contributed by atoms with Crippen molar-refractivity contribution < 1.29 is 19.0 Å². The van der Waals surface area contributed by atoms with Gasteiger partial charge >= 0.3 is 0 Å². The summed E-state index contributed by atoms with van der Waals surface area (Å²) in [6.45, 7) is 0. The number of hydrogen-bond acceptors (Lipinski definition) is 6. The molecule has 0 saturated heterocycles. The van der Waals surface area contributed by atoms with Gasteiger partial charge in [-0.15, -0.1) is 0 Å². The van der Waals surface area contributed by atoms with Crippen LogP contribution in [0.4, 0.5) is 0 Å². The first-order valence-corrected chi connectivity index (χ1v) is 11.5. The monoisotopic (exact) mass is 526 g/mol. The van der Waals surface area contributed by atoms with Gasteiger partial charge < -0.3 is 14.2 Å². The Labute approximate surface area is 204 Å². The Balaban J connectivity index is 1.56. The first-order valence-electron chi connectivity index (χ1n) is 10.3. The second kappa shape index (κ2) is 8.72. The van der Waals surface area contributed by atoms with Crippen LogP contribution in [0.2, 0.25) is 5.02 Å². The molecule has 0 aromatic heterocycles. The molecular formula is C25H20BrClN2O4. The van der Waals surface area contributed by atoms with Gasteiger partial charge in [-0.1, -0.05) is 27.5 Å². The molecule has 5 rings (SSSR count). The summed E-state index contributed by atoms with van der Waals surface area (Å²) in [6, 6.07) is 18.2. The average molecular weight is 528 g/mol. The Hall–Kier alpha value is -3.03. The maximum absolute atomic E-state index is 13.4. The van der Waals surface area contributed by atoms with Crippen LogP contribution in [0.5, 0.6) is 17.2 Å². The molecule has 8 heteroatoms. The predicted octanol–water partition coefficient (Wildman–Crippen LogP) is 5.87. The van der Waals surface area contributed by atoms with Gasteiger partial charge in [0.15, 0.2) is 11.5 Å². The first kappa shape index (κ1) is 21.8. The highest BCUT2D eigenvalue weighted by Gasteiger charge is 2.43. The minimum atomic E-state index is -0.887. The van der Waals surface area contributed by atoms with Crippen molar-refractivity contribution in [3.05, 3.63) is 86.8 Å². The minimum absolute atomic E-state index is 0.143. The van der Waals surface area contributed by atoms with E-state index in [1.807, 2.05) is 36.4 Å². The number of nitrogens with zero attached hydrogens (tertiary/aromatic N) is 2. The molecule has 0 aliphatic carbocycles. The summed E-state index contributed by atoms with van der Waals surface area (Å²) in [7, 11) is 3.20. The maximum Gasteiger partial charge on any atom is 0.251 e. The number of carbonyl (C=O) groups is 1. The van der Waals surface area contributed by atoms with Gasteiger partial charge in [0.25, 0.3) is 6.23 Å². The third-order valence-corrected chi connectivity index (χ3v) is 6.57. The van der Waals surface area contributed by atoms with Crippen molar-refractivity contribution in [1.29, 1.82) is 0 Å². The fourth-order valence-electron chi connectivity index (χ4n) is 4.18. The van der Waals surface area contributed by atoms with Crippen LogP contribution in [0.25, 0.3) is 0 Å². The van der Waals surface area contributed by atoms with Gasteiger partial charge in [-0.05, 0) is 60.7 Å². The molecule has 0 saturated carbocycles. The number of fused-ring (bicyclic) bond motifs is 3. The van der Waals surface area contributed by atoms with E-state index < -0.39 is 6.23 Å². The first-order chi connectivity index (χ1) is 16.0. The standard InChI is InChI=1S/C25H20BrClN2O4/c1-31-22-9-5-15(11-23(22)32-2)19-13-20-18-12-16(26)6-10-21(18)33-25(29(20)28-19)24(30)14-3-7-17(27)8-4-14/h3-12,20,25H,13H2,1-2H3/t20-,25+/m0/s1. The lowest BCUT2D eigenvalue weighted by molar-refractivity contribution is -0.00459. The number of ether oxygens (including phenoxy) is 3. The summed E-state index contributed by atoms with van der Waals surface area (Å²) in [5.41, 5.74) is 3.23. The van der Waals surface area contributed by atoms with Gasteiger partial charge in [0.2, 0.25) is 5.78 Å². The Bertz CT molecular complexity index is 1260. The molecule has 0 N–H and O–H groups in total. The molecule has 6 nitrogen and oxygen atoms in total. The fraction of sp³-hybridized carbons (Fsp3) is 0.200. The van der Waals surface area contributed by atoms with Crippen LogP contribution in [0.15, 0.2) is 70.2 Å². The molecule has 0 spiro atoms. The largest absolute Gasteiger partial charge is 0.493 e. The molecule has 0 fully saturated rings. The third-order valence-electron chi connectivity index (χ3n) is 5.82. The van der Waals surface area contributed by atoms with E-state index >= 15 is 0 Å². The molecule has 2 aliphatic rings. The van der Waals surface area contributed by atoms with Crippen LogP contribution in [0.1, 0.15) is 33.9 Å². The normalized spacial score (nSPS) is 18.7. The fourth-order valence-corrected chi connectivity index (χ4v) is 4.68. The van der Waals surface area contributed by atoms with Crippen molar-refractivity contribution in [3.8, 4) is 17.2 Å². The number of hydrogen-bond donors (Lipinski definition) is 0. The molecule has 168 valence electrons. The van der Waals surface area contributed by atoms with Crippen LogP contribution in [-0.2, 0) is 0 Å². The topological polar surface area (TPSA) is 60.4 Å². The second-order valence-corrected chi connectivity index (χ2v) is 9.09. The summed E-state index contributed by atoms with van der Waals surface area (Å²) >= 11 is 9.56. The zero-order valence-electron chi connectivity index (χ0n) is 17.9. The number of ketones is 1. The lowest BCUT2D eigenvalue weighted by Crippen LogP contribution is -2.45. The van der Waals surface area contributed by atoms with Gasteiger partial charge in [-0.2, -0.15) is 5.10 Å². The quantitative estimate of drug-likeness (QED) is 0.388. The SMILES string of the molecule is COc1ccc(C2=NN3[C@@H](C(=O)c4ccc(Cl)cc4)Oc4ccc(Br)cc4[C@@H]3C2)cc1OC. The lowest BCUT2D eigenvalue weighted by Gasteiger charge is -2.37. The van der Waals surface area contributed by atoms with E-state index in [4.69, 9.17) is 30.9 Å². The van der Waals surface area contributed by atoms with Crippen molar-refractivity contribution in [2.75, 3.05) is 14.2 Å². The van der Waals surface area contributed by atoms with Crippen molar-refractivity contribution in [2.24, 2.45) is 5.10 Å². The third kappa shape index (κ3) is 3.96. The van der Waals surface area contributed by atoms with E-state index in [9.17, 15) is 4.79 Å². The molecule has 3 aromatic carbocycles. The molecule has 0 amide bonds. The highest BCUT2D eigenvalue weighted by Crippen LogP contribution is 2.45. The number of hydrazone groups is 1. The van der Waals surface area contributed by atoms with E-state index in [1.54, 1.807) is 43.5 Å². The molecule has 0 unspecified atom stereocenters. The predicted molar refractivity (Wildman–Crippen MR) is 130 cm³/mol. The van der Waals surface area contributed by atoms with E-state index in [2.05, 4.69) is 15.9 Å². The van der Waals surface area contributed by atoms with Gasteiger partial charge in [-0.25, -0.2) is 5.01 Å². The average Bonchev–Trinajstić information content (AvgIpc) is 3.29. The number of methoxy groups -OCH3 is 2. The Morgan fingerprint density at radius 2 is 1.82 bits per heavy atom. The van der Waals surface area contributed by atoms with Crippen LogP contribution in [0.3, 0.4) is 0 Å². The number of Topliss-reactive ketones (excluding diaryl/α,β-unsaturated/α-hetero) is 1. The molecule has 0 bridgehead atoms. The van der Waals surface area contributed by atoms with E-state index in [1.165, 1.54) is 0 Å². The number of halogens is 2. The van der Waals surface area contributed by atoms with Crippen LogP contribution in [-0.4, -0.2) is 37.0 Å². The summed E-state index contributed by atoms with van der Waals surface area (Å²) < 4.78 is 17.9. The zero-order chi connectivity index (χ0) is 23.1. The summed E-state index contributed by atoms with van der Waals surface area (Å²) in [6.07, 6.45) is -0.269. The smallest absolute Gasteiger partial charge is 0.251 e. The van der Waals surface area contributed by atoms with Crippen LogP contribution < -0.4 is 14.2 Å². The van der Waals surface area contributed by atoms with Gasteiger partial charge in [0.1, 0.15) is 5.75 Å². The summed E-state index contributed by atoms with van der Waals surface area (Å²) in [4.78, 5) is 13.4. The number of carbonyl (C=O) groups excluding carboxylic acids is 1. The molecular weight excluding hydrogens is 508 g/mol. The maximum atomic E-state index is 13.4. The van der Waals surface area contributed by atoms with Crippen LogP contribution in [0, 0.1) is 0 Å². The lowest BCUT2D eigenvalue weighted by atomic mass is 9.95. The zero-order valence-corrected chi connectivity index (χ0v) is 20.3. The highest BCUT2D eigenvalue weighted by atomic mass is 79.9. The van der Waals surface area contributed by atoms with Crippen molar-refractivity contribution in [3.63, 3.8) is 0 Å². The van der Waals surface area contributed by atoms with Crippen molar-refractivity contribution in [2.45, 2.75) is 18.7 Å². The Kier molecular flexibility index (Phi) is 5.76. The second-order valence-electron chi connectivity index (χ2n) is 7.74. The number of rotatable bonds is 5. The molecule has 2 atom stereocenters. The summed E-state index contributed by atoms with van der Waals surface area (Å²) in [5, 5.41) is 7.18. The molecule has 2 aliphatic heterocycles. The molecule has 33 heavy (non-hydrogen) atoms. The highest BCUT2D eigenvalue weighted by molar-refractivity contribution is 9.10. The van der Waals surface area contributed by atoms with Crippen molar-refractivity contribution in [1.82, 2.24) is 5.01 Å². The van der Waals surface area contributed by atoms with E-state index in [-0.39, 0.29) is 11.8 Å². The Morgan fingerprint density at radius 1 is 1.06 bits per heavy atom. The number of benzene rings is 3. The van der Waals surface area contributed by atoms with Gasteiger partial charge in [0, 0.05) is 32.6 Å². The van der Waals surface area contributed by atoms with E-state index in [0.717, 1.165) is 21.3 Å². The molecule has 3 aromatic rings. The summed E-state index contributed by atoms with van der Waals surface area (Å²) in [5.74, 6) is 1.76. The van der Waals surface area contributed by atoms with Crippen LogP contribution >= 0.6 is 27.5 Å². The van der Waals surface area contributed by atoms with Gasteiger partial charge in [-0.3, -0.25) is 4.79 Å². The van der Waals surface area contributed by atoms with Crippen molar-refractivity contribution >= 4 is 39.0 Å². The molecule has 0 radical (unpaired) electrons. The molecule has 2 heterocycles. The Morgan fingerprint density at radius 3 is 2.55 bits per heavy atom. The van der Waals surface area contributed by atoms with E-state index in [0.29, 0.717) is 34.3 Å². The van der Waals surface area contributed by atoms with Gasteiger partial charge in [0.05, 0.1) is 26.0 Å².